The van der Waals surface area contributed by atoms with Gasteiger partial charge >= 0.3 is 0 Å². The number of amides is 1. The Morgan fingerprint density at radius 3 is 2.56 bits per heavy atom. The van der Waals surface area contributed by atoms with E-state index in [-0.39, 0.29) is 11.7 Å². The van der Waals surface area contributed by atoms with E-state index in [0.29, 0.717) is 11.3 Å². The number of rotatable bonds is 1. The fourth-order valence-electron chi connectivity index (χ4n) is 3.39. The Kier molecular flexibility index (Phi) is 3.12. The zero-order chi connectivity index (χ0) is 17.0. The van der Waals surface area contributed by atoms with Gasteiger partial charge in [0.25, 0.3) is 0 Å². The predicted molar refractivity (Wildman–Crippen MR) is 97.2 cm³/mol. The van der Waals surface area contributed by atoms with Gasteiger partial charge in [0.15, 0.2) is 0 Å². The molecule has 0 spiro atoms. The average molecular weight is 348 g/mol. The molecule has 0 radical (unpaired) electrons. The van der Waals surface area contributed by atoms with Crippen molar-refractivity contribution in [2.75, 3.05) is 10.6 Å². The maximum atomic E-state index is 13.7. The maximum Gasteiger partial charge on any atom is 0.236 e. The van der Waals surface area contributed by atoms with E-state index < -0.39 is 5.92 Å². The van der Waals surface area contributed by atoms with Crippen LogP contribution in [-0.2, 0) is 4.79 Å². The summed E-state index contributed by atoms with van der Waals surface area (Å²) in [6.45, 7) is 0. The highest BCUT2D eigenvalue weighted by atomic mass is 32.2. The van der Waals surface area contributed by atoms with Crippen molar-refractivity contribution in [3.63, 3.8) is 0 Å². The molecular weight excluding hydrogens is 335 g/mol. The van der Waals surface area contributed by atoms with Crippen LogP contribution in [0.5, 0.6) is 0 Å². The molecule has 25 heavy (non-hydrogen) atoms. The van der Waals surface area contributed by atoms with Gasteiger partial charge in [0.1, 0.15) is 5.82 Å². The Morgan fingerprint density at radius 2 is 1.64 bits per heavy atom. The summed E-state index contributed by atoms with van der Waals surface area (Å²) in [7, 11) is 0. The molecule has 3 aromatic rings. The van der Waals surface area contributed by atoms with E-state index in [1.54, 1.807) is 17.8 Å². The van der Waals surface area contributed by atoms with Gasteiger partial charge in [-0.3, -0.25) is 4.79 Å². The number of halogens is 1. The predicted octanol–water partition coefficient (Wildman–Crippen LogP) is 5.12. The van der Waals surface area contributed by atoms with Crippen molar-refractivity contribution in [1.82, 2.24) is 0 Å². The van der Waals surface area contributed by atoms with Gasteiger partial charge < -0.3 is 10.6 Å². The minimum Gasteiger partial charge on any atom is -0.354 e. The van der Waals surface area contributed by atoms with Crippen molar-refractivity contribution >= 4 is 34.7 Å². The lowest BCUT2D eigenvalue weighted by Crippen LogP contribution is -2.13. The number of carbonyl (C=O) groups is 1. The number of hydrogen-bond acceptors (Lipinski definition) is 3. The third-order valence-corrected chi connectivity index (χ3v) is 5.69. The van der Waals surface area contributed by atoms with Crippen molar-refractivity contribution < 1.29 is 9.18 Å². The van der Waals surface area contributed by atoms with Gasteiger partial charge in [0.2, 0.25) is 5.91 Å². The fraction of sp³-hybridized carbons (Fsp3) is 0.0500. The summed E-state index contributed by atoms with van der Waals surface area (Å²) in [6.07, 6.45) is 0. The van der Waals surface area contributed by atoms with Gasteiger partial charge in [-0.2, -0.15) is 0 Å². The molecule has 2 N–H and O–H groups in total. The van der Waals surface area contributed by atoms with Gasteiger partial charge in [-0.1, -0.05) is 30.0 Å². The van der Waals surface area contributed by atoms with Crippen LogP contribution in [0.25, 0.3) is 0 Å². The van der Waals surface area contributed by atoms with Gasteiger partial charge in [-0.15, -0.1) is 0 Å². The fourth-order valence-corrected chi connectivity index (χ4v) is 4.43. The molecule has 0 aromatic heterocycles. The monoisotopic (exact) mass is 348 g/mol. The van der Waals surface area contributed by atoms with E-state index in [1.807, 2.05) is 36.4 Å². The average Bonchev–Trinajstić information content (AvgIpc) is 2.94. The van der Waals surface area contributed by atoms with Crippen molar-refractivity contribution in [1.29, 1.82) is 0 Å². The van der Waals surface area contributed by atoms with E-state index in [2.05, 4.69) is 16.7 Å². The lowest BCUT2D eigenvalue weighted by molar-refractivity contribution is -0.116. The molecule has 0 saturated heterocycles. The maximum absolute atomic E-state index is 13.7. The lowest BCUT2D eigenvalue weighted by atomic mass is 9.92. The summed E-state index contributed by atoms with van der Waals surface area (Å²) in [5.74, 6) is -0.924. The van der Waals surface area contributed by atoms with Crippen molar-refractivity contribution in [3.05, 3.63) is 77.6 Å². The summed E-state index contributed by atoms with van der Waals surface area (Å²) in [5.41, 5.74) is 4.35. The Balaban J connectivity index is 1.57. The highest BCUT2D eigenvalue weighted by molar-refractivity contribution is 7.99. The van der Waals surface area contributed by atoms with Gasteiger partial charge in [0.05, 0.1) is 17.3 Å². The Hall–Kier alpha value is -2.79. The Morgan fingerprint density at radius 1 is 0.840 bits per heavy atom. The summed E-state index contributed by atoms with van der Waals surface area (Å²) in [6, 6.07) is 18.5. The van der Waals surface area contributed by atoms with Crippen molar-refractivity contribution in [2.24, 2.45) is 0 Å². The topological polar surface area (TPSA) is 41.1 Å². The molecule has 1 atom stereocenters. The van der Waals surface area contributed by atoms with Crippen LogP contribution in [0.15, 0.2) is 70.5 Å². The molecule has 0 bridgehead atoms. The van der Waals surface area contributed by atoms with Crippen LogP contribution in [0.2, 0.25) is 0 Å². The molecule has 1 unspecified atom stereocenters. The first-order chi connectivity index (χ1) is 12.2. The van der Waals surface area contributed by atoms with Crippen LogP contribution in [0.1, 0.15) is 17.0 Å². The standard InChI is InChI=1S/C20H13FN2OS/c21-12-6-8-14-13(10-12)19(20(24)23-14)11-5-7-16-18(9-11)25-17-4-2-1-3-15(17)22-16/h1-10,19,22H,(H,23,24). The van der Waals surface area contributed by atoms with Gasteiger partial charge in [0, 0.05) is 15.5 Å². The summed E-state index contributed by atoms with van der Waals surface area (Å²) >= 11 is 1.67. The van der Waals surface area contributed by atoms with Crippen LogP contribution in [0.3, 0.4) is 0 Å². The first-order valence-electron chi connectivity index (χ1n) is 7.97. The first-order valence-corrected chi connectivity index (χ1v) is 8.79. The molecule has 3 aromatic carbocycles. The normalized spacial score (nSPS) is 17.2. The second kappa shape index (κ2) is 5.36. The van der Waals surface area contributed by atoms with Gasteiger partial charge in [-0.05, 0) is 53.6 Å². The molecular formula is C20H13FN2OS. The minimum atomic E-state index is -0.478. The summed E-state index contributed by atoms with van der Waals surface area (Å²) in [5, 5.41) is 6.26. The third-order valence-electron chi connectivity index (χ3n) is 4.56. The first kappa shape index (κ1) is 14.5. The second-order valence-corrected chi connectivity index (χ2v) is 7.22. The number of nitrogens with one attached hydrogen (secondary N) is 2. The Labute approximate surface area is 148 Å². The van der Waals surface area contributed by atoms with Gasteiger partial charge in [-0.25, -0.2) is 4.39 Å². The number of anilines is 3. The number of hydrogen-bond donors (Lipinski definition) is 2. The van der Waals surface area contributed by atoms with E-state index in [0.717, 1.165) is 26.7 Å². The summed E-state index contributed by atoms with van der Waals surface area (Å²) < 4.78 is 13.7. The number of fused-ring (bicyclic) bond motifs is 3. The highest BCUT2D eigenvalue weighted by Crippen LogP contribution is 2.46. The second-order valence-electron chi connectivity index (χ2n) is 6.13. The smallest absolute Gasteiger partial charge is 0.236 e. The third kappa shape index (κ3) is 2.31. The van der Waals surface area contributed by atoms with Crippen molar-refractivity contribution in [2.45, 2.75) is 15.7 Å². The quantitative estimate of drug-likeness (QED) is 0.502. The number of carbonyl (C=O) groups excluding carboxylic acids is 1. The molecule has 5 rings (SSSR count). The van der Waals surface area contributed by atoms with Crippen LogP contribution in [0, 0.1) is 5.82 Å². The highest BCUT2D eigenvalue weighted by Gasteiger charge is 2.33. The molecule has 0 aliphatic carbocycles. The number of para-hydroxylation sites is 1. The van der Waals surface area contributed by atoms with Crippen LogP contribution >= 0.6 is 11.8 Å². The molecule has 5 heteroatoms. The molecule has 122 valence electrons. The van der Waals surface area contributed by atoms with Crippen LogP contribution in [0.4, 0.5) is 21.5 Å². The number of benzene rings is 3. The summed E-state index contributed by atoms with van der Waals surface area (Å²) in [4.78, 5) is 14.7. The van der Waals surface area contributed by atoms with E-state index >= 15 is 0 Å². The SMILES string of the molecule is O=C1Nc2ccc(F)cc2C1c1ccc2c(c1)Sc1ccccc1N2. The molecule has 0 fully saturated rings. The van der Waals surface area contributed by atoms with Crippen LogP contribution < -0.4 is 10.6 Å². The van der Waals surface area contributed by atoms with Crippen molar-refractivity contribution in [3.8, 4) is 0 Å². The molecule has 0 saturated carbocycles. The molecule has 2 aliphatic heterocycles. The molecule has 1 amide bonds. The van der Waals surface area contributed by atoms with E-state index in [1.165, 1.54) is 12.1 Å². The molecule has 2 heterocycles. The largest absolute Gasteiger partial charge is 0.354 e. The van der Waals surface area contributed by atoms with E-state index in [4.69, 9.17) is 0 Å². The molecule has 3 nitrogen and oxygen atoms in total. The lowest BCUT2D eigenvalue weighted by Gasteiger charge is -2.22. The van der Waals surface area contributed by atoms with E-state index in [9.17, 15) is 9.18 Å². The minimum absolute atomic E-state index is 0.116. The zero-order valence-corrected chi connectivity index (χ0v) is 13.9. The molecule has 2 aliphatic rings. The zero-order valence-electron chi connectivity index (χ0n) is 13.0. The van der Waals surface area contributed by atoms with Crippen LogP contribution in [-0.4, -0.2) is 5.91 Å². The Bertz CT molecular complexity index is 1030.